The fourth-order valence-corrected chi connectivity index (χ4v) is 4.03. The Kier molecular flexibility index (Phi) is 1.72. The Labute approximate surface area is 80.5 Å². The smallest absolute Gasteiger partial charge is 0.0167 e. The summed E-state index contributed by atoms with van der Waals surface area (Å²) in [5.74, 6) is 3.21. The van der Waals surface area contributed by atoms with E-state index in [9.17, 15) is 0 Å². The third kappa shape index (κ3) is 1.08. The summed E-state index contributed by atoms with van der Waals surface area (Å²) in [7, 11) is 0. The molecule has 0 aromatic heterocycles. The van der Waals surface area contributed by atoms with Gasteiger partial charge in [0.05, 0.1) is 0 Å². The molecule has 5 unspecified atom stereocenters. The minimum absolute atomic E-state index is 0.361. The van der Waals surface area contributed by atoms with Crippen molar-refractivity contribution in [2.75, 3.05) is 13.1 Å². The lowest BCUT2D eigenvalue weighted by atomic mass is 9.76. The van der Waals surface area contributed by atoms with Crippen LogP contribution in [0.4, 0.5) is 0 Å². The number of fused-ring (bicyclic) bond motifs is 5. The Bertz CT molecular complexity index is 212. The topological polar surface area (TPSA) is 29.3 Å². The number of hydrogen-bond donors (Lipinski definition) is 1. The molecule has 0 aromatic rings. The van der Waals surface area contributed by atoms with Crippen molar-refractivity contribution in [2.24, 2.45) is 23.5 Å². The van der Waals surface area contributed by atoms with E-state index in [1.54, 1.807) is 0 Å². The predicted molar refractivity (Wildman–Crippen MR) is 53.3 cm³/mol. The van der Waals surface area contributed by atoms with Crippen molar-refractivity contribution >= 4 is 0 Å². The molecule has 2 N–H and O–H groups in total. The zero-order valence-electron chi connectivity index (χ0n) is 8.45. The van der Waals surface area contributed by atoms with E-state index in [1.807, 2.05) is 0 Å². The van der Waals surface area contributed by atoms with E-state index < -0.39 is 0 Å². The quantitative estimate of drug-likeness (QED) is 0.688. The van der Waals surface area contributed by atoms with Crippen LogP contribution in [0.1, 0.15) is 26.2 Å². The molecular formula is C11H20N2. The largest absolute Gasteiger partial charge is 0.327 e. The van der Waals surface area contributed by atoms with E-state index in [1.165, 1.54) is 25.8 Å². The molecule has 2 nitrogen and oxygen atoms in total. The van der Waals surface area contributed by atoms with Crippen molar-refractivity contribution in [2.45, 2.75) is 38.3 Å². The van der Waals surface area contributed by atoms with Crippen molar-refractivity contribution in [3.05, 3.63) is 0 Å². The second-order valence-corrected chi connectivity index (χ2v) is 5.42. The number of likely N-dealkylation sites (tertiary alicyclic amines) is 1. The van der Waals surface area contributed by atoms with Crippen molar-refractivity contribution < 1.29 is 0 Å². The molecule has 5 atom stereocenters. The van der Waals surface area contributed by atoms with E-state index in [0.29, 0.717) is 6.04 Å². The summed E-state index contributed by atoms with van der Waals surface area (Å²) in [5, 5.41) is 0. The SMILES string of the molecule is CC(N)CN1CC2C3CCC(C3)C21. The van der Waals surface area contributed by atoms with Gasteiger partial charge >= 0.3 is 0 Å². The number of rotatable bonds is 2. The number of hydrogen-bond acceptors (Lipinski definition) is 2. The molecule has 2 aliphatic carbocycles. The molecule has 2 heteroatoms. The molecule has 0 aromatic carbocycles. The Hall–Kier alpha value is -0.0800. The summed E-state index contributed by atoms with van der Waals surface area (Å²) in [4.78, 5) is 2.64. The minimum Gasteiger partial charge on any atom is -0.327 e. The molecule has 1 aliphatic heterocycles. The highest BCUT2D eigenvalue weighted by molar-refractivity contribution is 5.08. The molecule has 3 rings (SSSR count). The predicted octanol–water partition coefficient (Wildman–Crippen LogP) is 1.06. The van der Waals surface area contributed by atoms with Gasteiger partial charge in [-0.2, -0.15) is 0 Å². The van der Waals surface area contributed by atoms with Crippen LogP contribution in [0.5, 0.6) is 0 Å². The van der Waals surface area contributed by atoms with Crippen molar-refractivity contribution in [3.8, 4) is 0 Å². The van der Waals surface area contributed by atoms with Gasteiger partial charge in [-0.05, 0) is 43.9 Å². The van der Waals surface area contributed by atoms with E-state index in [4.69, 9.17) is 5.73 Å². The molecule has 13 heavy (non-hydrogen) atoms. The van der Waals surface area contributed by atoms with Crippen molar-refractivity contribution in [1.82, 2.24) is 4.90 Å². The fraction of sp³-hybridized carbons (Fsp3) is 1.00. The Balaban J connectivity index is 1.66. The van der Waals surface area contributed by atoms with Crippen LogP contribution in [0.25, 0.3) is 0 Å². The average molecular weight is 180 g/mol. The molecule has 1 saturated heterocycles. The number of nitrogens with zero attached hydrogens (tertiary/aromatic N) is 1. The molecule has 0 radical (unpaired) electrons. The van der Waals surface area contributed by atoms with Crippen molar-refractivity contribution in [3.63, 3.8) is 0 Å². The molecule has 1 heterocycles. The monoisotopic (exact) mass is 180 g/mol. The highest BCUT2D eigenvalue weighted by Gasteiger charge is 2.55. The average Bonchev–Trinajstić information content (AvgIpc) is 2.54. The summed E-state index contributed by atoms with van der Waals surface area (Å²) in [5.41, 5.74) is 5.84. The fourth-order valence-electron chi connectivity index (χ4n) is 4.03. The molecule has 3 aliphatic rings. The molecular weight excluding hydrogens is 160 g/mol. The zero-order chi connectivity index (χ0) is 9.00. The van der Waals surface area contributed by atoms with Gasteiger partial charge in [-0.25, -0.2) is 0 Å². The summed E-state index contributed by atoms with van der Waals surface area (Å²) in [6, 6.07) is 1.31. The second kappa shape index (κ2) is 2.71. The van der Waals surface area contributed by atoms with E-state index in [-0.39, 0.29) is 0 Å². The molecule has 2 bridgehead atoms. The lowest BCUT2D eigenvalue weighted by Crippen LogP contribution is -2.60. The van der Waals surface area contributed by atoms with Gasteiger partial charge < -0.3 is 5.73 Å². The van der Waals surface area contributed by atoms with Crippen LogP contribution < -0.4 is 5.73 Å². The minimum atomic E-state index is 0.361. The highest BCUT2D eigenvalue weighted by Crippen LogP contribution is 2.55. The summed E-state index contributed by atoms with van der Waals surface area (Å²) >= 11 is 0. The van der Waals surface area contributed by atoms with Crippen LogP contribution in [-0.2, 0) is 0 Å². The van der Waals surface area contributed by atoms with Gasteiger partial charge in [0.1, 0.15) is 0 Å². The van der Waals surface area contributed by atoms with E-state index in [0.717, 1.165) is 30.3 Å². The first-order chi connectivity index (χ1) is 6.25. The molecule has 74 valence electrons. The van der Waals surface area contributed by atoms with Gasteiger partial charge in [0.25, 0.3) is 0 Å². The Morgan fingerprint density at radius 3 is 2.85 bits per heavy atom. The van der Waals surface area contributed by atoms with Crippen LogP contribution >= 0.6 is 0 Å². The standard InChI is InChI=1S/C11H20N2/c1-7(12)5-13-6-10-8-2-3-9(4-8)11(10)13/h7-11H,2-6,12H2,1H3. The highest BCUT2D eigenvalue weighted by atomic mass is 15.3. The summed E-state index contributed by atoms with van der Waals surface area (Å²) < 4.78 is 0. The second-order valence-electron chi connectivity index (χ2n) is 5.42. The van der Waals surface area contributed by atoms with Crippen LogP contribution in [0, 0.1) is 17.8 Å². The maximum Gasteiger partial charge on any atom is 0.0167 e. The first-order valence-corrected chi connectivity index (χ1v) is 5.75. The molecule has 3 fully saturated rings. The number of nitrogens with two attached hydrogens (primary N) is 1. The third-order valence-corrected chi connectivity index (χ3v) is 4.43. The Morgan fingerprint density at radius 2 is 2.15 bits per heavy atom. The van der Waals surface area contributed by atoms with Gasteiger partial charge in [0.15, 0.2) is 0 Å². The van der Waals surface area contributed by atoms with Gasteiger partial charge in [0, 0.05) is 25.2 Å². The normalized spacial score (nSPS) is 50.3. The van der Waals surface area contributed by atoms with Gasteiger partial charge in [-0.3, -0.25) is 4.90 Å². The van der Waals surface area contributed by atoms with E-state index in [2.05, 4.69) is 11.8 Å². The Morgan fingerprint density at radius 1 is 1.38 bits per heavy atom. The van der Waals surface area contributed by atoms with Gasteiger partial charge in [-0.15, -0.1) is 0 Å². The lowest BCUT2D eigenvalue weighted by Gasteiger charge is -2.51. The molecule has 0 spiro atoms. The lowest BCUT2D eigenvalue weighted by molar-refractivity contribution is -0.0241. The third-order valence-electron chi connectivity index (χ3n) is 4.43. The first kappa shape index (κ1) is 8.25. The van der Waals surface area contributed by atoms with E-state index >= 15 is 0 Å². The van der Waals surface area contributed by atoms with Gasteiger partial charge in [0.2, 0.25) is 0 Å². The van der Waals surface area contributed by atoms with Crippen LogP contribution in [-0.4, -0.2) is 30.1 Å². The van der Waals surface area contributed by atoms with Crippen LogP contribution in [0.2, 0.25) is 0 Å². The first-order valence-electron chi connectivity index (χ1n) is 5.75. The van der Waals surface area contributed by atoms with Crippen molar-refractivity contribution in [1.29, 1.82) is 0 Å². The maximum atomic E-state index is 5.84. The van der Waals surface area contributed by atoms with Gasteiger partial charge in [-0.1, -0.05) is 0 Å². The molecule has 0 amide bonds. The van der Waals surface area contributed by atoms with Crippen LogP contribution in [0.15, 0.2) is 0 Å². The summed E-state index contributed by atoms with van der Waals surface area (Å²) in [6.07, 6.45) is 4.56. The zero-order valence-corrected chi connectivity index (χ0v) is 8.45. The summed E-state index contributed by atoms with van der Waals surface area (Å²) in [6.45, 7) is 4.61. The maximum absolute atomic E-state index is 5.84. The van der Waals surface area contributed by atoms with Crippen LogP contribution in [0.3, 0.4) is 0 Å². The molecule has 2 saturated carbocycles.